The van der Waals surface area contributed by atoms with Crippen LogP contribution < -0.4 is 21.3 Å². The minimum Gasteiger partial charge on any atom is -0.477 e. The molecule has 38 nitrogen and oxygen atoms in total. The Labute approximate surface area is 482 Å². The van der Waals surface area contributed by atoms with Crippen LogP contribution in [0.5, 0.6) is 0 Å². The van der Waals surface area contributed by atoms with Gasteiger partial charge in [0.05, 0.1) is 64.4 Å². The van der Waals surface area contributed by atoms with E-state index in [0.717, 1.165) is 27.7 Å². The highest BCUT2D eigenvalue weighted by Gasteiger charge is 2.61. The van der Waals surface area contributed by atoms with Crippen molar-refractivity contribution in [3.05, 3.63) is 0 Å². The van der Waals surface area contributed by atoms with E-state index in [-0.39, 0.29) is 0 Å². The monoisotopic (exact) mass is 1240 g/mol. The summed E-state index contributed by atoms with van der Waals surface area (Å²) >= 11 is 0. The van der Waals surface area contributed by atoms with E-state index in [1.54, 1.807) is 0 Å². The molecule has 5 fully saturated rings. The Hall–Kier alpha value is -3.77. The molecule has 30 atom stereocenters. The highest BCUT2D eigenvalue weighted by molar-refractivity contribution is 5.77. The molecular formula is C47H80N4O34. The van der Waals surface area contributed by atoms with Crippen LogP contribution >= 0.6 is 0 Å². The molecule has 0 saturated carbocycles. The van der Waals surface area contributed by atoms with E-state index in [9.17, 15) is 121 Å². The third-order valence-corrected chi connectivity index (χ3v) is 14.6. The first-order valence-corrected chi connectivity index (χ1v) is 26.6. The number of aliphatic carboxylic acids is 1. The molecular weight excluding hydrogens is 1160 g/mol. The summed E-state index contributed by atoms with van der Waals surface area (Å²) in [5.41, 5.74) is 0. The summed E-state index contributed by atoms with van der Waals surface area (Å²) in [5, 5.41) is 215. The number of carbonyl (C=O) groups is 5. The van der Waals surface area contributed by atoms with Gasteiger partial charge in [-0.2, -0.15) is 0 Å². The first-order valence-electron chi connectivity index (χ1n) is 26.6. The number of carboxylic acids is 1. The van der Waals surface area contributed by atoms with Gasteiger partial charge in [-0.15, -0.1) is 0 Å². The SMILES string of the molecule is CC(=O)N[C@H]1[C@H](OC[C@@H](O)[C@H](O)[C@H](O[C@@H]2O[C@H](CO)[C@H](O)[C@H](O[C@H]3O[C@H](CO)[C@H](O)[C@H](O)[C@H]3NC(C)=O)[C@H]2O)[C@H](CO)NC(C)=O)O[C@H](CO)[C@@H](O[C@@H]2O[C@H](CO)[C@H](O)[C@H](O[C@]3(C(=O)O)C[C@H](O)[C@@H](NC(C)=O)[C@H]([C@H](O)[C@H](O)CO)O3)[C@H]2O)[C@@H]1O. The molecule has 5 heterocycles. The maximum atomic E-state index is 13.0. The number of carbonyl (C=O) groups excluding carboxylic acids is 4. The van der Waals surface area contributed by atoms with Gasteiger partial charge in [-0.3, -0.25) is 19.2 Å². The molecule has 0 unspecified atom stereocenters. The van der Waals surface area contributed by atoms with Crippen LogP contribution in [0.25, 0.3) is 0 Å². The van der Waals surface area contributed by atoms with Gasteiger partial charge in [0.25, 0.3) is 5.79 Å². The Morgan fingerprint density at radius 3 is 1.53 bits per heavy atom. The summed E-state index contributed by atoms with van der Waals surface area (Å²) < 4.78 is 57.0. The lowest BCUT2D eigenvalue weighted by Crippen LogP contribution is -2.71. The van der Waals surface area contributed by atoms with Gasteiger partial charge in [-0.1, -0.05) is 0 Å². The van der Waals surface area contributed by atoms with E-state index in [2.05, 4.69) is 21.3 Å². The lowest BCUT2D eigenvalue weighted by molar-refractivity contribution is -0.383. The molecule has 85 heavy (non-hydrogen) atoms. The molecule has 0 aromatic heterocycles. The van der Waals surface area contributed by atoms with Crippen molar-refractivity contribution in [3.8, 4) is 0 Å². The van der Waals surface area contributed by atoms with E-state index in [1.165, 1.54) is 0 Å². The van der Waals surface area contributed by atoms with Gasteiger partial charge in [-0.05, 0) is 0 Å². The summed E-state index contributed by atoms with van der Waals surface area (Å²) in [6.07, 6.45) is -52.5. The molecule has 0 aromatic rings. The second-order valence-electron chi connectivity index (χ2n) is 20.9. The van der Waals surface area contributed by atoms with E-state index in [0.29, 0.717) is 0 Å². The van der Waals surface area contributed by atoms with Crippen LogP contribution in [0.1, 0.15) is 34.1 Å². The molecule has 492 valence electrons. The first kappa shape index (κ1) is 72.0. The van der Waals surface area contributed by atoms with Gasteiger partial charge >= 0.3 is 5.97 Å². The fraction of sp³-hybridized carbons (Fsp3) is 0.894. The number of nitrogens with one attached hydrogen (secondary N) is 4. The van der Waals surface area contributed by atoms with Crippen molar-refractivity contribution >= 4 is 29.6 Å². The largest absolute Gasteiger partial charge is 0.477 e. The zero-order valence-corrected chi connectivity index (χ0v) is 46.0. The Morgan fingerprint density at radius 1 is 0.529 bits per heavy atom. The molecule has 0 aromatic carbocycles. The van der Waals surface area contributed by atoms with Crippen molar-refractivity contribution in [2.45, 2.75) is 217 Å². The predicted octanol–water partition coefficient (Wildman–Crippen LogP) is -14.7. The molecule has 5 aliphatic heterocycles. The Bertz CT molecular complexity index is 2160. The van der Waals surface area contributed by atoms with Crippen molar-refractivity contribution in [1.82, 2.24) is 21.3 Å². The smallest absolute Gasteiger partial charge is 0.364 e. The van der Waals surface area contributed by atoms with Crippen molar-refractivity contribution in [1.29, 1.82) is 0 Å². The minimum atomic E-state index is -3.20. The third kappa shape index (κ3) is 16.9. The lowest BCUT2D eigenvalue weighted by atomic mass is 9.88. The topological polar surface area (TPSA) is 610 Å². The summed E-state index contributed by atoms with van der Waals surface area (Å²) in [6, 6.07) is -6.86. The van der Waals surface area contributed by atoms with E-state index in [4.69, 9.17) is 47.4 Å². The maximum absolute atomic E-state index is 13.0. The number of aliphatic hydroxyl groups is 18. The summed E-state index contributed by atoms with van der Waals surface area (Å²) in [5.74, 6) is -8.68. The molecule has 0 bridgehead atoms. The minimum absolute atomic E-state index is 0.782. The fourth-order valence-corrected chi connectivity index (χ4v) is 10.3. The normalized spacial score (nSPS) is 41.0. The number of hydrogen-bond donors (Lipinski definition) is 23. The highest BCUT2D eigenvalue weighted by atomic mass is 16.8. The van der Waals surface area contributed by atoms with Gasteiger partial charge < -0.3 is 166 Å². The molecule has 5 rings (SSSR count). The van der Waals surface area contributed by atoms with Crippen LogP contribution in [0.2, 0.25) is 0 Å². The van der Waals surface area contributed by atoms with E-state index < -0.39 is 266 Å². The third-order valence-electron chi connectivity index (χ3n) is 14.6. The van der Waals surface area contributed by atoms with Gasteiger partial charge in [0.1, 0.15) is 134 Å². The Morgan fingerprint density at radius 2 is 1.01 bits per heavy atom. The lowest BCUT2D eigenvalue weighted by Gasteiger charge is -2.51. The van der Waals surface area contributed by atoms with Crippen molar-refractivity contribution in [2.24, 2.45) is 0 Å². The van der Waals surface area contributed by atoms with E-state index in [1.807, 2.05) is 0 Å². The zero-order valence-electron chi connectivity index (χ0n) is 46.0. The van der Waals surface area contributed by atoms with Crippen LogP contribution in [0.15, 0.2) is 0 Å². The van der Waals surface area contributed by atoms with Crippen LogP contribution in [-0.2, 0) is 71.3 Å². The molecule has 5 aliphatic rings. The number of rotatable bonds is 27. The molecule has 0 radical (unpaired) electrons. The number of hydrogen-bond acceptors (Lipinski definition) is 33. The van der Waals surface area contributed by atoms with Gasteiger partial charge in [0.15, 0.2) is 25.2 Å². The zero-order chi connectivity index (χ0) is 63.7. The second-order valence-corrected chi connectivity index (χ2v) is 20.9. The van der Waals surface area contributed by atoms with Gasteiger partial charge in [0, 0.05) is 34.1 Å². The number of amides is 4. The fourth-order valence-electron chi connectivity index (χ4n) is 10.3. The average Bonchev–Trinajstić information content (AvgIpc) is 1.13. The van der Waals surface area contributed by atoms with Crippen LogP contribution in [-0.4, -0.2) is 356 Å². The molecule has 23 N–H and O–H groups in total. The molecule has 5 saturated heterocycles. The highest BCUT2D eigenvalue weighted by Crippen LogP contribution is 2.39. The summed E-state index contributed by atoms with van der Waals surface area (Å²) in [6.45, 7) is -3.64. The molecule has 4 amide bonds. The maximum Gasteiger partial charge on any atom is 0.364 e. The average molecular weight is 1250 g/mol. The quantitative estimate of drug-likeness (QED) is 0.0363. The number of carboxylic acid groups (broad SMARTS) is 1. The van der Waals surface area contributed by atoms with Crippen molar-refractivity contribution in [2.75, 3.05) is 46.2 Å². The van der Waals surface area contributed by atoms with Gasteiger partial charge in [0.2, 0.25) is 23.6 Å². The van der Waals surface area contributed by atoms with Crippen LogP contribution in [0, 0.1) is 0 Å². The molecule has 0 aliphatic carbocycles. The Kier molecular flexibility index (Phi) is 26.8. The number of ether oxygens (including phenoxy) is 10. The predicted molar refractivity (Wildman–Crippen MR) is 265 cm³/mol. The summed E-state index contributed by atoms with van der Waals surface area (Å²) in [4.78, 5) is 62.1. The van der Waals surface area contributed by atoms with Gasteiger partial charge in [-0.25, -0.2) is 4.79 Å². The standard InChI is InChI=1S/C47H80N4O34/c1-13(58)48-17(6-52)37(81-44-35(72)40(31(68)22(9-55)78-44)83-43-26(50-15(3)60)33(70)30(67)21(8-54)77-43)29(66)20(64)12-76-42-27(51-16(4)61)34(71)38(24(11-57)80-42)82-45-36(73)41(32(69)23(10-56)79-45)85-47(46(74)75)5-18(62)25(49-14(2)59)39(84-47)28(65)19(63)7-53/h17-45,52-57,62-73H,5-12H2,1-4H3,(H,48,58)(H,49,59)(H,50,60)(H,51,61)(H,74,75)/t17-,18-,19+,20+,21+,22+,23+,24+,25+,26+,27+,28+,29-,30-,31-,32-,33+,34+,35+,36+,37+,38+,39+,40-,41-,42+,43+,44-,45-,47-/m0/s1. The number of aliphatic hydroxyl groups excluding tert-OH is 18. The Balaban J connectivity index is 1.37. The van der Waals surface area contributed by atoms with Crippen molar-refractivity contribution in [3.63, 3.8) is 0 Å². The van der Waals surface area contributed by atoms with E-state index >= 15 is 0 Å². The van der Waals surface area contributed by atoms with Crippen LogP contribution in [0.3, 0.4) is 0 Å². The second kappa shape index (κ2) is 31.6. The van der Waals surface area contributed by atoms with Crippen LogP contribution in [0.4, 0.5) is 0 Å². The summed E-state index contributed by atoms with van der Waals surface area (Å²) in [7, 11) is 0. The molecule has 0 spiro atoms. The molecule has 38 heteroatoms. The van der Waals surface area contributed by atoms with Crippen molar-refractivity contribution < 1.29 is 168 Å². The first-order chi connectivity index (χ1) is 39.9.